The molecule has 0 heterocycles. The van der Waals surface area contributed by atoms with Gasteiger partial charge >= 0.3 is 0 Å². The molecule has 2 nitrogen and oxygen atoms in total. The standard InChI is InChI=1S/C4H10O.C4H8O.C3H6/c2*1-2-3-4-5;1-3-2/h5H,2-4H2,1H3;4H,2-3H2,1H3;3H,1H2,2H3. The van der Waals surface area contributed by atoms with Gasteiger partial charge in [-0.25, -0.2) is 0 Å². The smallest absolute Gasteiger partial charge is 0.119 e. The Kier molecular flexibility index (Phi) is 42.2. The minimum absolute atomic E-state index is 0.344. The SMILES string of the molecule is C=CC.CCCC=O.CCCCO. The van der Waals surface area contributed by atoms with Crippen LogP contribution in [0.4, 0.5) is 0 Å². The van der Waals surface area contributed by atoms with Crippen molar-refractivity contribution >= 4 is 6.29 Å². The molecule has 0 aliphatic rings. The Morgan fingerprint density at radius 3 is 1.77 bits per heavy atom. The van der Waals surface area contributed by atoms with Crippen molar-refractivity contribution in [2.45, 2.75) is 46.5 Å². The van der Waals surface area contributed by atoms with E-state index in [-0.39, 0.29) is 0 Å². The maximum atomic E-state index is 9.40. The van der Waals surface area contributed by atoms with Gasteiger partial charge in [-0.2, -0.15) is 0 Å². The highest BCUT2D eigenvalue weighted by molar-refractivity contribution is 5.48. The lowest BCUT2D eigenvalue weighted by Gasteiger charge is -1.79. The molecule has 0 aliphatic carbocycles. The Labute approximate surface area is 82.7 Å². The molecule has 0 saturated carbocycles. The molecule has 13 heavy (non-hydrogen) atoms. The highest BCUT2D eigenvalue weighted by atomic mass is 16.2. The molecule has 0 aliphatic heterocycles. The van der Waals surface area contributed by atoms with Crippen LogP contribution in [0.15, 0.2) is 12.7 Å². The van der Waals surface area contributed by atoms with Crippen molar-refractivity contribution in [2.75, 3.05) is 6.61 Å². The highest BCUT2D eigenvalue weighted by Crippen LogP contribution is 1.78. The van der Waals surface area contributed by atoms with E-state index in [4.69, 9.17) is 5.11 Å². The molecular weight excluding hydrogens is 164 g/mol. The van der Waals surface area contributed by atoms with Gasteiger partial charge in [0.1, 0.15) is 6.29 Å². The predicted octanol–water partition coefficient (Wildman–Crippen LogP) is 2.96. The number of allylic oxidation sites excluding steroid dienone is 1. The highest BCUT2D eigenvalue weighted by Gasteiger charge is 1.69. The molecule has 0 radical (unpaired) electrons. The van der Waals surface area contributed by atoms with E-state index in [2.05, 4.69) is 13.5 Å². The summed E-state index contributed by atoms with van der Waals surface area (Å²) in [5, 5.41) is 8.07. The summed E-state index contributed by atoms with van der Waals surface area (Å²) in [6, 6.07) is 0. The topological polar surface area (TPSA) is 37.3 Å². The molecule has 0 aromatic carbocycles. The molecule has 0 spiro atoms. The van der Waals surface area contributed by atoms with Crippen LogP contribution in [-0.2, 0) is 4.79 Å². The monoisotopic (exact) mass is 188 g/mol. The molecule has 0 unspecified atom stereocenters. The fourth-order valence-electron chi connectivity index (χ4n) is 0.276. The summed E-state index contributed by atoms with van der Waals surface area (Å²) in [7, 11) is 0. The summed E-state index contributed by atoms with van der Waals surface area (Å²) in [4.78, 5) is 9.40. The van der Waals surface area contributed by atoms with Crippen molar-refractivity contribution in [3.05, 3.63) is 12.7 Å². The Hall–Kier alpha value is -0.630. The van der Waals surface area contributed by atoms with Crippen LogP contribution in [0.3, 0.4) is 0 Å². The molecular formula is C11H24O2. The molecule has 0 fully saturated rings. The average molecular weight is 188 g/mol. The third kappa shape index (κ3) is 87.9. The lowest BCUT2D eigenvalue weighted by molar-refractivity contribution is -0.107. The van der Waals surface area contributed by atoms with Crippen molar-refractivity contribution < 1.29 is 9.90 Å². The van der Waals surface area contributed by atoms with E-state index in [0.717, 1.165) is 25.5 Å². The first-order chi connectivity index (χ1) is 6.24. The second-order valence-electron chi connectivity index (χ2n) is 2.44. The van der Waals surface area contributed by atoms with E-state index in [1.54, 1.807) is 6.08 Å². The minimum Gasteiger partial charge on any atom is -0.396 e. The van der Waals surface area contributed by atoms with Crippen LogP contribution < -0.4 is 0 Å². The first-order valence-electron chi connectivity index (χ1n) is 4.86. The number of hydrogen-bond donors (Lipinski definition) is 1. The van der Waals surface area contributed by atoms with Crippen LogP contribution in [0.5, 0.6) is 0 Å². The van der Waals surface area contributed by atoms with Crippen molar-refractivity contribution in [1.82, 2.24) is 0 Å². The third-order valence-electron chi connectivity index (χ3n) is 0.918. The maximum absolute atomic E-state index is 9.40. The van der Waals surface area contributed by atoms with Gasteiger partial charge in [-0.1, -0.05) is 26.3 Å². The Balaban J connectivity index is -0.000000120. The summed E-state index contributed by atoms with van der Waals surface area (Å²) in [6.45, 7) is 9.63. The molecule has 0 bridgehead atoms. The second kappa shape index (κ2) is 30.1. The van der Waals surface area contributed by atoms with Gasteiger partial charge in [-0.3, -0.25) is 0 Å². The van der Waals surface area contributed by atoms with Crippen LogP contribution in [0.25, 0.3) is 0 Å². The maximum Gasteiger partial charge on any atom is 0.119 e. The quantitative estimate of drug-likeness (QED) is 0.544. The summed E-state index contributed by atoms with van der Waals surface area (Å²) < 4.78 is 0. The van der Waals surface area contributed by atoms with Crippen LogP contribution in [0, 0.1) is 0 Å². The predicted molar refractivity (Wildman–Crippen MR) is 58.8 cm³/mol. The van der Waals surface area contributed by atoms with Gasteiger partial charge in [0.05, 0.1) is 0 Å². The van der Waals surface area contributed by atoms with Crippen molar-refractivity contribution in [3.8, 4) is 0 Å². The van der Waals surface area contributed by atoms with Crippen LogP contribution in [0.1, 0.15) is 46.5 Å². The molecule has 0 amide bonds. The van der Waals surface area contributed by atoms with Gasteiger partial charge in [-0.15, -0.1) is 6.58 Å². The summed E-state index contributed by atoms with van der Waals surface area (Å²) in [5.74, 6) is 0. The number of hydrogen-bond acceptors (Lipinski definition) is 2. The van der Waals surface area contributed by atoms with Gasteiger partial charge < -0.3 is 9.90 Å². The Bertz CT molecular complexity index is 78.2. The summed E-state index contributed by atoms with van der Waals surface area (Å²) in [5.41, 5.74) is 0. The summed E-state index contributed by atoms with van der Waals surface area (Å²) >= 11 is 0. The van der Waals surface area contributed by atoms with Crippen LogP contribution >= 0.6 is 0 Å². The van der Waals surface area contributed by atoms with Crippen LogP contribution in [0.2, 0.25) is 0 Å². The molecule has 0 aromatic heterocycles. The Morgan fingerprint density at radius 1 is 1.31 bits per heavy atom. The number of unbranched alkanes of at least 4 members (excludes halogenated alkanes) is 2. The Morgan fingerprint density at radius 2 is 1.77 bits per heavy atom. The van der Waals surface area contributed by atoms with E-state index in [1.807, 2.05) is 13.8 Å². The average Bonchev–Trinajstić information content (AvgIpc) is 2.09. The largest absolute Gasteiger partial charge is 0.396 e. The normalized spacial score (nSPS) is 7.08. The van der Waals surface area contributed by atoms with Crippen molar-refractivity contribution in [2.24, 2.45) is 0 Å². The first kappa shape index (κ1) is 18.2. The van der Waals surface area contributed by atoms with Crippen molar-refractivity contribution in [3.63, 3.8) is 0 Å². The zero-order chi connectivity index (χ0) is 10.9. The number of carbonyl (C=O) groups excluding carboxylic acids is 1. The summed E-state index contributed by atoms with van der Waals surface area (Å²) in [6.07, 6.45) is 6.40. The van der Waals surface area contributed by atoms with Gasteiger partial charge in [0.15, 0.2) is 0 Å². The van der Waals surface area contributed by atoms with E-state index in [1.165, 1.54) is 0 Å². The number of carbonyl (C=O) groups is 1. The molecule has 0 atom stereocenters. The van der Waals surface area contributed by atoms with Gasteiger partial charge in [0, 0.05) is 13.0 Å². The van der Waals surface area contributed by atoms with E-state index in [9.17, 15) is 4.79 Å². The number of aliphatic hydroxyl groups is 1. The lowest BCUT2D eigenvalue weighted by atomic mass is 10.4. The molecule has 0 aromatic rings. The van der Waals surface area contributed by atoms with Crippen molar-refractivity contribution in [1.29, 1.82) is 0 Å². The van der Waals surface area contributed by atoms with E-state index >= 15 is 0 Å². The first-order valence-corrected chi connectivity index (χ1v) is 4.86. The third-order valence-corrected chi connectivity index (χ3v) is 0.918. The van der Waals surface area contributed by atoms with Gasteiger partial charge in [-0.05, 0) is 19.8 Å². The molecule has 0 saturated heterocycles. The zero-order valence-electron chi connectivity index (χ0n) is 9.25. The minimum atomic E-state index is 0.344. The lowest BCUT2D eigenvalue weighted by Crippen LogP contribution is -1.75. The van der Waals surface area contributed by atoms with Gasteiger partial charge in [0.25, 0.3) is 0 Å². The van der Waals surface area contributed by atoms with Crippen LogP contribution in [-0.4, -0.2) is 18.0 Å². The molecule has 1 N–H and O–H groups in total. The number of rotatable bonds is 4. The van der Waals surface area contributed by atoms with E-state index in [0.29, 0.717) is 13.0 Å². The fourth-order valence-corrected chi connectivity index (χ4v) is 0.276. The van der Waals surface area contributed by atoms with Gasteiger partial charge in [0.2, 0.25) is 0 Å². The molecule has 80 valence electrons. The van der Waals surface area contributed by atoms with E-state index < -0.39 is 0 Å². The number of aldehydes is 1. The fraction of sp³-hybridized carbons (Fsp3) is 0.727. The molecule has 0 rings (SSSR count). The second-order valence-corrected chi connectivity index (χ2v) is 2.44. The number of aliphatic hydroxyl groups excluding tert-OH is 1. The molecule has 2 heteroatoms. The zero-order valence-corrected chi connectivity index (χ0v) is 9.25.